The Kier molecular flexibility index (Phi) is 5.18. The Morgan fingerprint density at radius 2 is 2.00 bits per heavy atom. The molecule has 1 aromatic carbocycles. The molecule has 1 aliphatic heterocycles. The van der Waals surface area contributed by atoms with Crippen molar-refractivity contribution in [2.75, 3.05) is 18.8 Å². The number of nitrogens with one attached hydrogen (secondary N) is 1. The Bertz CT molecular complexity index is 535. The molecule has 0 aromatic heterocycles. The maximum atomic E-state index is 11.8. The van der Waals surface area contributed by atoms with Gasteiger partial charge >= 0.3 is 0 Å². The van der Waals surface area contributed by atoms with Crippen molar-refractivity contribution in [1.29, 1.82) is 0 Å². The van der Waals surface area contributed by atoms with Crippen LogP contribution < -0.4 is 5.32 Å². The molecule has 0 saturated carbocycles. The van der Waals surface area contributed by atoms with Gasteiger partial charge in [-0.2, -0.15) is 0 Å². The summed E-state index contributed by atoms with van der Waals surface area (Å²) in [7, 11) is -3.01. The lowest BCUT2D eigenvalue weighted by Crippen LogP contribution is -2.45. The molecule has 4 nitrogen and oxygen atoms in total. The summed E-state index contributed by atoms with van der Waals surface area (Å²) >= 11 is 0. The van der Waals surface area contributed by atoms with Crippen LogP contribution in [0.25, 0.3) is 0 Å². The van der Waals surface area contributed by atoms with Crippen molar-refractivity contribution in [2.24, 2.45) is 0 Å². The van der Waals surface area contributed by atoms with Gasteiger partial charge in [-0.15, -0.1) is 0 Å². The maximum absolute atomic E-state index is 11.8. The Hall–Kier alpha value is -0.910. The van der Waals surface area contributed by atoms with Gasteiger partial charge in [0.05, 0.1) is 5.75 Å². The molecule has 112 valence electrons. The number of rotatable bonds is 5. The molecule has 0 bridgehead atoms. The minimum Gasteiger partial charge on any atom is -0.310 e. The highest BCUT2D eigenvalue weighted by molar-refractivity contribution is 7.89. The van der Waals surface area contributed by atoms with E-state index in [4.69, 9.17) is 0 Å². The first-order valence-corrected chi connectivity index (χ1v) is 8.89. The zero-order valence-corrected chi connectivity index (χ0v) is 13.1. The minimum absolute atomic E-state index is 0.203. The molecule has 0 atom stereocenters. The van der Waals surface area contributed by atoms with E-state index in [0.29, 0.717) is 19.1 Å². The zero-order chi connectivity index (χ0) is 14.6. The predicted octanol–water partition coefficient (Wildman–Crippen LogP) is 1.90. The summed E-state index contributed by atoms with van der Waals surface area (Å²) in [6.07, 6.45) is 1.79. The molecule has 20 heavy (non-hydrogen) atoms. The monoisotopic (exact) mass is 296 g/mol. The summed E-state index contributed by atoms with van der Waals surface area (Å²) < 4.78 is 25.2. The fourth-order valence-electron chi connectivity index (χ4n) is 2.60. The largest absolute Gasteiger partial charge is 0.310 e. The van der Waals surface area contributed by atoms with Gasteiger partial charge in [-0.05, 0) is 32.3 Å². The molecule has 1 aliphatic rings. The van der Waals surface area contributed by atoms with Crippen LogP contribution in [0, 0.1) is 6.92 Å². The van der Waals surface area contributed by atoms with Crippen molar-refractivity contribution in [1.82, 2.24) is 9.62 Å². The Labute approximate surface area is 122 Å². The van der Waals surface area contributed by atoms with Gasteiger partial charge in [-0.3, -0.25) is 0 Å². The quantitative estimate of drug-likeness (QED) is 0.903. The second-order valence-corrected chi connectivity index (χ2v) is 7.70. The van der Waals surface area contributed by atoms with Gasteiger partial charge in [0.15, 0.2) is 0 Å². The molecule has 5 heteroatoms. The van der Waals surface area contributed by atoms with Crippen LogP contribution in [0.4, 0.5) is 0 Å². The van der Waals surface area contributed by atoms with Crippen molar-refractivity contribution in [2.45, 2.75) is 39.3 Å². The minimum atomic E-state index is -3.01. The normalized spacial score (nSPS) is 18.3. The van der Waals surface area contributed by atoms with E-state index in [2.05, 4.69) is 36.5 Å². The van der Waals surface area contributed by atoms with Gasteiger partial charge < -0.3 is 5.32 Å². The molecular weight excluding hydrogens is 272 g/mol. The Morgan fingerprint density at radius 3 is 2.60 bits per heavy atom. The molecule has 0 radical (unpaired) electrons. The SMILES string of the molecule is CCS(=O)(=O)N1CCC(NCc2cccc(C)c2)CC1. The van der Waals surface area contributed by atoms with E-state index < -0.39 is 10.0 Å². The van der Waals surface area contributed by atoms with Crippen LogP contribution in [0.3, 0.4) is 0 Å². The van der Waals surface area contributed by atoms with Gasteiger partial charge in [-0.25, -0.2) is 12.7 Å². The number of piperidine rings is 1. The van der Waals surface area contributed by atoms with Gasteiger partial charge in [0.1, 0.15) is 0 Å². The van der Waals surface area contributed by atoms with E-state index in [1.54, 1.807) is 11.2 Å². The van der Waals surface area contributed by atoms with Crippen LogP contribution in [0.2, 0.25) is 0 Å². The van der Waals surface area contributed by atoms with Crippen LogP contribution in [-0.4, -0.2) is 37.6 Å². The van der Waals surface area contributed by atoms with Crippen molar-refractivity contribution < 1.29 is 8.42 Å². The lowest BCUT2D eigenvalue weighted by atomic mass is 10.1. The van der Waals surface area contributed by atoms with E-state index in [-0.39, 0.29) is 5.75 Å². The molecule has 1 aromatic rings. The van der Waals surface area contributed by atoms with Crippen molar-refractivity contribution >= 4 is 10.0 Å². The van der Waals surface area contributed by atoms with Gasteiger partial charge in [-0.1, -0.05) is 29.8 Å². The fraction of sp³-hybridized carbons (Fsp3) is 0.600. The first-order chi connectivity index (χ1) is 9.51. The van der Waals surface area contributed by atoms with E-state index in [1.165, 1.54) is 11.1 Å². The van der Waals surface area contributed by atoms with E-state index in [9.17, 15) is 8.42 Å². The van der Waals surface area contributed by atoms with Gasteiger partial charge in [0, 0.05) is 25.7 Å². The molecule has 0 amide bonds. The number of hydrogen-bond acceptors (Lipinski definition) is 3. The molecule has 1 heterocycles. The second kappa shape index (κ2) is 6.70. The second-order valence-electron chi connectivity index (χ2n) is 5.44. The molecule has 1 fully saturated rings. The highest BCUT2D eigenvalue weighted by atomic mass is 32.2. The summed E-state index contributed by atoms with van der Waals surface area (Å²) in [6.45, 7) is 5.94. The molecular formula is C15H24N2O2S. The van der Waals surface area contributed by atoms with Gasteiger partial charge in [0.25, 0.3) is 0 Å². The molecule has 1 N–H and O–H groups in total. The lowest BCUT2D eigenvalue weighted by molar-refractivity contribution is 0.289. The summed E-state index contributed by atoms with van der Waals surface area (Å²) in [6, 6.07) is 8.89. The number of benzene rings is 1. The smallest absolute Gasteiger partial charge is 0.213 e. The Balaban J connectivity index is 1.80. The standard InChI is InChI=1S/C15H24N2O2S/c1-3-20(18,19)17-9-7-15(8-10-17)16-12-14-6-4-5-13(2)11-14/h4-6,11,15-16H,3,7-10,12H2,1-2H3. The highest BCUT2D eigenvalue weighted by Gasteiger charge is 2.26. The summed E-state index contributed by atoms with van der Waals surface area (Å²) in [5, 5.41) is 3.53. The number of nitrogens with zero attached hydrogens (tertiary/aromatic N) is 1. The molecule has 0 aliphatic carbocycles. The average molecular weight is 296 g/mol. The van der Waals surface area contributed by atoms with E-state index in [0.717, 1.165) is 19.4 Å². The average Bonchev–Trinajstić information content (AvgIpc) is 2.46. The number of aryl methyl sites for hydroxylation is 1. The number of hydrogen-bond donors (Lipinski definition) is 1. The van der Waals surface area contributed by atoms with Crippen LogP contribution >= 0.6 is 0 Å². The molecule has 0 spiro atoms. The molecule has 0 unspecified atom stereocenters. The van der Waals surface area contributed by atoms with Crippen LogP contribution in [0.5, 0.6) is 0 Å². The third kappa shape index (κ3) is 4.04. The van der Waals surface area contributed by atoms with Crippen molar-refractivity contribution in [3.63, 3.8) is 0 Å². The molecule has 1 saturated heterocycles. The summed E-state index contributed by atoms with van der Waals surface area (Å²) in [4.78, 5) is 0. The van der Waals surface area contributed by atoms with Gasteiger partial charge in [0.2, 0.25) is 10.0 Å². The van der Waals surface area contributed by atoms with Crippen LogP contribution in [0.15, 0.2) is 24.3 Å². The first-order valence-electron chi connectivity index (χ1n) is 7.28. The van der Waals surface area contributed by atoms with Crippen LogP contribution in [-0.2, 0) is 16.6 Å². The number of sulfonamides is 1. The van der Waals surface area contributed by atoms with E-state index >= 15 is 0 Å². The maximum Gasteiger partial charge on any atom is 0.213 e. The fourth-order valence-corrected chi connectivity index (χ4v) is 3.74. The van der Waals surface area contributed by atoms with Crippen molar-refractivity contribution in [3.05, 3.63) is 35.4 Å². The topological polar surface area (TPSA) is 49.4 Å². The Morgan fingerprint density at radius 1 is 1.30 bits per heavy atom. The molecule has 2 rings (SSSR count). The first kappa shape index (κ1) is 15.5. The lowest BCUT2D eigenvalue weighted by Gasteiger charge is -2.31. The summed E-state index contributed by atoms with van der Waals surface area (Å²) in [5.41, 5.74) is 2.56. The highest BCUT2D eigenvalue weighted by Crippen LogP contribution is 2.15. The third-order valence-corrected chi connectivity index (χ3v) is 5.77. The summed E-state index contributed by atoms with van der Waals surface area (Å²) in [5.74, 6) is 0.203. The van der Waals surface area contributed by atoms with E-state index in [1.807, 2.05) is 0 Å². The van der Waals surface area contributed by atoms with Crippen LogP contribution in [0.1, 0.15) is 30.9 Å². The van der Waals surface area contributed by atoms with Crippen molar-refractivity contribution in [3.8, 4) is 0 Å². The predicted molar refractivity (Wildman–Crippen MR) is 82.1 cm³/mol. The third-order valence-electron chi connectivity index (χ3n) is 3.89. The zero-order valence-electron chi connectivity index (χ0n) is 12.3.